The van der Waals surface area contributed by atoms with Gasteiger partial charge in [0.1, 0.15) is 0 Å². The number of likely N-dealkylation sites (N-methyl/N-ethyl adjacent to an activating group) is 1. The molecular formula is C17H19BrClN3OS3. The van der Waals surface area contributed by atoms with Crippen molar-refractivity contribution in [1.29, 1.82) is 0 Å². The Labute approximate surface area is 180 Å². The number of hydrogen-bond donors (Lipinski definition) is 0. The Balaban J connectivity index is 0.00000243. The quantitative estimate of drug-likeness (QED) is 0.427. The molecule has 0 unspecified atom stereocenters. The molecule has 0 saturated heterocycles. The first-order chi connectivity index (χ1) is 12.0. The summed E-state index contributed by atoms with van der Waals surface area (Å²) in [6, 6.07) is 10.00. The summed E-state index contributed by atoms with van der Waals surface area (Å²) in [5, 5.41) is 0.754. The predicted octanol–water partition coefficient (Wildman–Crippen LogP) is 5.47. The van der Waals surface area contributed by atoms with Crippen LogP contribution >= 0.6 is 62.8 Å². The second kappa shape index (κ2) is 9.52. The first-order valence-electron chi connectivity index (χ1n) is 7.64. The topological polar surface area (TPSA) is 36.4 Å². The van der Waals surface area contributed by atoms with Crippen LogP contribution in [-0.4, -0.2) is 49.2 Å². The molecule has 0 aliphatic carbocycles. The van der Waals surface area contributed by atoms with E-state index < -0.39 is 0 Å². The number of halogens is 2. The molecule has 2 aromatic heterocycles. The molecule has 1 aromatic carbocycles. The molecule has 3 aromatic rings. The second-order valence-corrected chi connectivity index (χ2v) is 10.0. The minimum Gasteiger partial charge on any atom is -0.308 e. The Morgan fingerprint density at radius 3 is 2.58 bits per heavy atom. The number of hydrogen-bond acceptors (Lipinski definition) is 6. The molecule has 1 amide bonds. The van der Waals surface area contributed by atoms with Crippen LogP contribution < -0.4 is 4.90 Å². The summed E-state index contributed by atoms with van der Waals surface area (Å²) in [5.74, 6) is 0.00157. The number of amides is 1. The Bertz CT molecular complexity index is 896. The number of benzene rings is 1. The average molecular weight is 493 g/mol. The van der Waals surface area contributed by atoms with Crippen LogP contribution in [0, 0.1) is 0 Å². The van der Waals surface area contributed by atoms with Gasteiger partial charge >= 0.3 is 0 Å². The molecule has 0 aliphatic rings. The maximum atomic E-state index is 13.0. The Kier molecular flexibility index (Phi) is 7.93. The highest BCUT2D eigenvalue weighted by Gasteiger charge is 2.22. The average Bonchev–Trinajstić information content (AvgIpc) is 3.19. The normalized spacial score (nSPS) is 11.0. The lowest BCUT2D eigenvalue weighted by Crippen LogP contribution is -2.36. The van der Waals surface area contributed by atoms with E-state index in [0.717, 1.165) is 30.6 Å². The zero-order valence-corrected chi connectivity index (χ0v) is 19.4. The fourth-order valence-corrected chi connectivity index (χ4v) is 5.16. The maximum absolute atomic E-state index is 13.0. The molecule has 140 valence electrons. The summed E-state index contributed by atoms with van der Waals surface area (Å²) in [6.07, 6.45) is 2.06. The van der Waals surface area contributed by atoms with Gasteiger partial charge in [-0.1, -0.05) is 11.3 Å². The molecule has 0 aliphatic heterocycles. The van der Waals surface area contributed by atoms with E-state index in [1.165, 1.54) is 16.2 Å². The van der Waals surface area contributed by atoms with Crippen LogP contribution in [0.25, 0.3) is 10.2 Å². The molecular weight excluding hydrogens is 474 g/mol. The number of carbonyl (C=O) groups excluding carboxylic acids is 1. The van der Waals surface area contributed by atoms with Crippen molar-refractivity contribution < 1.29 is 4.79 Å². The summed E-state index contributed by atoms with van der Waals surface area (Å²) in [6.45, 7) is 1.39. The highest BCUT2D eigenvalue weighted by Crippen LogP contribution is 2.33. The number of aromatic nitrogens is 1. The highest BCUT2D eigenvalue weighted by atomic mass is 79.9. The van der Waals surface area contributed by atoms with Crippen LogP contribution in [0.15, 0.2) is 39.0 Å². The van der Waals surface area contributed by atoms with Gasteiger partial charge in [-0.05, 0) is 66.6 Å². The molecule has 4 nitrogen and oxygen atoms in total. The fourth-order valence-electron chi connectivity index (χ4n) is 2.28. The number of thiazole rings is 1. The van der Waals surface area contributed by atoms with E-state index >= 15 is 0 Å². The molecule has 2 heterocycles. The van der Waals surface area contributed by atoms with Crippen LogP contribution in [0.5, 0.6) is 0 Å². The van der Waals surface area contributed by atoms with E-state index in [2.05, 4.69) is 39.2 Å². The standard InChI is InChI=1S/C17H18BrN3OS3.ClH/c1-20(2)8-9-21(16(22)13-6-7-15(18)24-13)17-19-12-5-4-11(23-3)10-14(12)25-17;/h4-7,10H,8-9H2,1-3H3;1H. The predicted molar refractivity (Wildman–Crippen MR) is 121 cm³/mol. The van der Waals surface area contributed by atoms with Crippen LogP contribution in [0.1, 0.15) is 9.67 Å². The number of fused-ring (bicyclic) bond motifs is 1. The third-order valence-electron chi connectivity index (χ3n) is 3.62. The fraction of sp³-hybridized carbons (Fsp3) is 0.294. The smallest absolute Gasteiger partial charge is 0.270 e. The van der Waals surface area contributed by atoms with Gasteiger partial charge in [0.25, 0.3) is 5.91 Å². The Hall–Kier alpha value is -0.640. The first-order valence-corrected chi connectivity index (χ1v) is 11.3. The second-order valence-electron chi connectivity index (χ2n) is 5.69. The van der Waals surface area contributed by atoms with E-state index in [4.69, 9.17) is 4.98 Å². The summed E-state index contributed by atoms with van der Waals surface area (Å²) < 4.78 is 2.06. The number of carbonyl (C=O) groups is 1. The molecule has 0 N–H and O–H groups in total. The number of rotatable bonds is 6. The molecule has 0 radical (unpaired) electrons. The van der Waals surface area contributed by atoms with Crippen molar-refractivity contribution in [3.63, 3.8) is 0 Å². The van der Waals surface area contributed by atoms with Crippen molar-refractivity contribution in [1.82, 2.24) is 9.88 Å². The zero-order valence-electron chi connectivity index (χ0n) is 14.6. The van der Waals surface area contributed by atoms with Gasteiger partial charge < -0.3 is 4.90 Å². The monoisotopic (exact) mass is 491 g/mol. The highest BCUT2D eigenvalue weighted by molar-refractivity contribution is 9.11. The first kappa shape index (κ1) is 21.7. The van der Waals surface area contributed by atoms with Gasteiger partial charge in [0.2, 0.25) is 0 Å². The SMILES string of the molecule is CSc1ccc2nc(N(CCN(C)C)C(=O)c3ccc(Br)s3)sc2c1.Cl. The number of nitrogens with zero attached hydrogens (tertiary/aromatic N) is 3. The molecule has 0 atom stereocenters. The summed E-state index contributed by atoms with van der Waals surface area (Å²) in [4.78, 5) is 23.5. The lowest BCUT2D eigenvalue weighted by molar-refractivity contribution is 0.0989. The summed E-state index contributed by atoms with van der Waals surface area (Å²) in [7, 11) is 4.01. The largest absolute Gasteiger partial charge is 0.308 e. The molecule has 0 saturated carbocycles. The lowest BCUT2D eigenvalue weighted by Gasteiger charge is -2.21. The van der Waals surface area contributed by atoms with Crippen molar-refractivity contribution in [2.45, 2.75) is 4.90 Å². The van der Waals surface area contributed by atoms with E-state index in [9.17, 15) is 4.79 Å². The van der Waals surface area contributed by atoms with Gasteiger partial charge in [0, 0.05) is 18.0 Å². The molecule has 3 rings (SSSR count). The third-order valence-corrected chi connectivity index (χ3v) is 6.99. The van der Waals surface area contributed by atoms with Gasteiger partial charge in [0.05, 0.1) is 18.9 Å². The van der Waals surface area contributed by atoms with Crippen molar-refractivity contribution in [3.8, 4) is 0 Å². The number of anilines is 1. The minimum atomic E-state index is 0. The van der Waals surface area contributed by atoms with Crippen molar-refractivity contribution in [2.75, 3.05) is 38.3 Å². The third kappa shape index (κ3) is 4.99. The Morgan fingerprint density at radius 1 is 1.19 bits per heavy atom. The van der Waals surface area contributed by atoms with Crippen molar-refractivity contribution >= 4 is 84.0 Å². The molecule has 9 heteroatoms. The lowest BCUT2D eigenvalue weighted by atomic mass is 10.3. The van der Waals surface area contributed by atoms with Gasteiger partial charge in [-0.15, -0.1) is 35.5 Å². The molecule has 26 heavy (non-hydrogen) atoms. The van der Waals surface area contributed by atoms with Crippen LogP contribution in [-0.2, 0) is 0 Å². The van der Waals surface area contributed by atoms with E-state index in [-0.39, 0.29) is 18.3 Å². The molecule has 0 spiro atoms. The Morgan fingerprint density at radius 2 is 1.96 bits per heavy atom. The maximum Gasteiger partial charge on any atom is 0.270 e. The molecule has 0 fully saturated rings. The minimum absolute atomic E-state index is 0. The van der Waals surface area contributed by atoms with Crippen LogP contribution in [0.4, 0.5) is 5.13 Å². The number of thioether (sulfide) groups is 1. The van der Waals surface area contributed by atoms with Gasteiger partial charge in [-0.3, -0.25) is 9.69 Å². The van der Waals surface area contributed by atoms with Gasteiger partial charge in [-0.2, -0.15) is 0 Å². The summed E-state index contributed by atoms with van der Waals surface area (Å²) >= 11 is 8.17. The van der Waals surface area contributed by atoms with E-state index in [0.29, 0.717) is 6.54 Å². The van der Waals surface area contributed by atoms with Crippen molar-refractivity contribution in [2.24, 2.45) is 0 Å². The van der Waals surface area contributed by atoms with Crippen LogP contribution in [0.2, 0.25) is 0 Å². The number of thiophene rings is 1. The van der Waals surface area contributed by atoms with Crippen LogP contribution in [0.3, 0.4) is 0 Å². The van der Waals surface area contributed by atoms with Gasteiger partial charge in [0.15, 0.2) is 5.13 Å². The summed E-state index contributed by atoms with van der Waals surface area (Å²) in [5.41, 5.74) is 0.938. The molecule has 0 bridgehead atoms. The zero-order chi connectivity index (χ0) is 18.0. The van der Waals surface area contributed by atoms with Crippen molar-refractivity contribution in [3.05, 3.63) is 39.0 Å². The van der Waals surface area contributed by atoms with Gasteiger partial charge in [-0.25, -0.2) is 4.98 Å². The van der Waals surface area contributed by atoms with E-state index in [1.54, 1.807) is 28.0 Å². The van der Waals surface area contributed by atoms with E-state index in [1.807, 2.05) is 32.3 Å².